The molecule has 0 radical (unpaired) electrons. The molecule has 0 saturated heterocycles. The molecular weight excluding hydrogens is 433 g/mol. The molecule has 1 aliphatic carbocycles. The molecule has 1 aliphatic rings. The van der Waals surface area contributed by atoms with Crippen LogP contribution in [0.2, 0.25) is 10.0 Å². The zero-order valence-electron chi connectivity index (χ0n) is 15.5. The monoisotopic (exact) mass is 451 g/mol. The lowest BCUT2D eigenvalue weighted by Gasteiger charge is -2.13. The summed E-state index contributed by atoms with van der Waals surface area (Å²) in [5, 5.41) is 14.3. The van der Waals surface area contributed by atoms with Gasteiger partial charge >= 0.3 is 5.97 Å². The minimum absolute atomic E-state index is 0.0479. The van der Waals surface area contributed by atoms with E-state index in [9.17, 15) is 4.79 Å². The van der Waals surface area contributed by atoms with Gasteiger partial charge in [-0.3, -0.25) is 0 Å². The number of hydrogen-bond acceptors (Lipinski definition) is 6. The molecule has 0 unspecified atom stereocenters. The van der Waals surface area contributed by atoms with E-state index in [2.05, 4.69) is 15.3 Å². The van der Waals surface area contributed by atoms with E-state index in [1.165, 1.54) is 16.9 Å². The summed E-state index contributed by atoms with van der Waals surface area (Å²) in [4.78, 5) is 22.3. The summed E-state index contributed by atoms with van der Waals surface area (Å²) < 4.78 is 5.20. The smallest absolute Gasteiger partial charge is 0.329 e. The van der Waals surface area contributed by atoms with Gasteiger partial charge < -0.3 is 15.2 Å². The number of hydrogen-bond donors (Lipinski definition) is 2. The van der Waals surface area contributed by atoms with Crippen molar-refractivity contribution in [3.8, 4) is 0 Å². The quantitative estimate of drug-likeness (QED) is 0.520. The Morgan fingerprint density at radius 2 is 2.03 bits per heavy atom. The number of thiophene rings is 1. The molecule has 9 heteroatoms. The van der Waals surface area contributed by atoms with Crippen molar-refractivity contribution in [1.82, 2.24) is 9.97 Å². The Labute approximate surface area is 181 Å². The van der Waals surface area contributed by atoms with E-state index in [1.807, 2.05) is 12.1 Å². The minimum atomic E-state index is -1.02. The summed E-state index contributed by atoms with van der Waals surface area (Å²) in [6, 6.07) is 5.52. The van der Waals surface area contributed by atoms with Crippen LogP contribution < -0.4 is 5.32 Å². The van der Waals surface area contributed by atoms with E-state index in [1.54, 1.807) is 17.4 Å². The second-order valence-electron chi connectivity index (χ2n) is 6.87. The third-order valence-electron chi connectivity index (χ3n) is 4.76. The zero-order valence-corrected chi connectivity index (χ0v) is 17.8. The average Bonchev–Trinajstić information content (AvgIpc) is 3.07. The number of aliphatic carboxylic acids is 1. The molecular formula is C20H19Cl2N3O3S. The number of nitrogens with one attached hydrogen (secondary N) is 1. The number of benzene rings is 1. The Morgan fingerprint density at radius 1 is 1.21 bits per heavy atom. The number of aryl methyl sites for hydroxylation is 2. The fraction of sp³-hybridized carbons (Fsp3) is 0.350. The molecule has 0 fully saturated rings. The van der Waals surface area contributed by atoms with E-state index in [-0.39, 0.29) is 13.2 Å². The summed E-state index contributed by atoms with van der Waals surface area (Å²) in [5.41, 5.74) is 2.31. The van der Waals surface area contributed by atoms with Crippen molar-refractivity contribution in [2.45, 2.75) is 38.8 Å². The molecule has 2 heterocycles. The highest BCUT2D eigenvalue weighted by atomic mass is 35.5. The van der Waals surface area contributed by atoms with E-state index in [0.29, 0.717) is 22.4 Å². The molecule has 4 rings (SSSR count). The van der Waals surface area contributed by atoms with Crippen LogP contribution in [-0.2, 0) is 35.5 Å². The Hall–Kier alpha value is -1.93. The first-order valence-corrected chi connectivity index (χ1v) is 10.9. The molecule has 0 atom stereocenters. The molecule has 2 N–H and O–H groups in total. The normalized spacial score (nSPS) is 13.4. The lowest BCUT2D eigenvalue weighted by atomic mass is 9.97. The van der Waals surface area contributed by atoms with Crippen LogP contribution in [0, 0.1) is 0 Å². The van der Waals surface area contributed by atoms with Crippen molar-refractivity contribution >= 4 is 56.5 Å². The van der Waals surface area contributed by atoms with Gasteiger partial charge in [-0.2, -0.15) is 0 Å². The highest BCUT2D eigenvalue weighted by molar-refractivity contribution is 7.19. The molecule has 0 spiro atoms. The van der Waals surface area contributed by atoms with Gasteiger partial charge in [-0.25, -0.2) is 14.8 Å². The summed E-state index contributed by atoms with van der Waals surface area (Å²) in [6.45, 7) is 0.198. The first kappa shape index (κ1) is 20.3. The van der Waals surface area contributed by atoms with Crippen LogP contribution in [0.4, 0.5) is 5.82 Å². The molecule has 0 saturated carbocycles. The molecule has 3 aromatic rings. The fourth-order valence-corrected chi connectivity index (χ4v) is 5.06. The first-order chi connectivity index (χ1) is 14.0. The first-order valence-electron chi connectivity index (χ1n) is 9.30. The maximum atomic E-state index is 10.7. The number of fused-ring (bicyclic) bond motifs is 3. The van der Waals surface area contributed by atoms with Crippen LogP contribution in [0.15, 0.2) is 18.2 Å². The van der Waals surface area contributed by atoms with Gasteiger partial charge in [-0.05, 0) is 48.9 Å². The molecule has 0 amide bonds. The zero-order chi connectivity index (χ0) is 20.4. The number of carbonyl (C=O) groups is 1. The summed E-state index contributed by atoms with van der Waals surface area (Å²) in [5.74, 6) is 0.194. The molecule has 0 bridgehead atoms. The predicted octanol–water partition coefficient (Wildman–Crippen LogP) is 5.09. The van der Waals surface area contributed by atoms with E-state index in [4.69, 9.17) is 33.0 Å². The SMILES string of the molecule is O=C(O)COCc1nc(NCc2ccc(Cl)c(Cl)c2)c2c3c(sc2n1)CCCC3. The van der Waals surface area contributed by atoms with Crippen LogP contribution >= 0.6 is 34.5 Å². The number of rotatable bonds is 7. The standard InChI is InChI=1S/C20H19Cl2N3O3S/c21-13-6-5-11(7-14(13)22)8-23-19-18-12-3-1-2-4-15(12)29-20(18)25-16(24-19)9-28-10-17(26)27/h5-7H,1-4,8-10H2,(H,26,27)(H,23,24,25). The second kappa shape index (κ2) is 8.83. The minimum Gasteiger partial charge on any atom is -0.480 e. The molecule has 2 aromatic heterocycles. The van der Waals surface area contributed by atoms with Crippen molar-refractivity contribution in [1.29, 1.82) is 0 Å². The van der Waals surface area contributed by atoms with E-state index < -0.39 is 5.97 Å². The Balaban J connectivity index is 1.65. The van der Waals surface area contributed by atoms with Crippen LogP contribution in [0.25, 0.3) is 10.2 Å². The van der Waals surface area contributed by atoms with Gasteiger partial charge in [0.1, 0.15) is 23.9 Å². The van der Waals surface area contributed by atoms with Crippen molar-refractivity contribution in [2.75, 3.05) is 11.9 Å². The highest BCUT2D eigenvalue weighted by Crippen LogP contribution is 2.38. The number of carboxylic acid groups (broad SMARTS) is 1. The molecule has 29 heavy (non-hydrogen) atoms. The van der Waals surface area contributed by atoms with Crippen molar-refractivity contribution < 1.29 is 14.6 Å². The van der Waals surface area contributed by atoms with Gasteiger partial charge in [-0.15, -0.1) is 11.3 Å². The van der Waals surface area contributed by atoms with Crippen molar-refractivity contribution in [2.24, 2.45) is 0 Å². The maximum absolute atomic E-state index is 10.7. The van der Waals surface area contributed by atoms with Gasteiger partial charge in [0, 0.05) is 11.4 Å². The van der Waals surface area contributed by atoms with E-state index >= 15 is 0 Å². The molecule has 6 nitrogen and oxygen atoms in total. The van der Waals surface area contributed by atoms with Crippen LogP contribution in [0.5, 0.6) is 0 Å². The van der Waals surface area contributed by atoms with Gasteiger partial charge in [-0.1, -0.05) is 29.3 Å². The third-order valence-corrected chi connectivity index (χ3v) is 6.69. The summed E-state index contributed by atoms with van der Waals surface area (Å²) in [7, 11) is 0. The number of nitrogens with zero attached hydrogens (tertiary/aromatic N) is 2. The lowest BCUT2D eigenvalue weighted by molar-refractivity contribution is -0.142. The maximum Gasteiger partial charge on any atom is 0.329 e. The van der Waals surface area contributed by atoms with Gasteiger partial charge in [0.15, 0.2) is 5.82 Å². The average molecular weight is 452 g/mol. The van der Waals surface area contributed by atoms with Crippen molar-refractivity contribution in [3.63, 3.8) is 0 Å². The number of aromatic nitrogens is 2. The summed E-state index contributed by atoms with van der Waals surface area (Å²) >= 11 is 13.8. The number of anilines is 1. The largest absolute Gasteiger partial charge is 0.480 e. The van der Waals surface area contributed by atoms with Crippen LogP contribution in [-0.4, -0.2) is 27.7 Å². The highest BCUT2D eigenvalue weighted by Gasteiger charge is 2.21. The summed E-state index contributed by atoms with van der Waals surface area (Å²) in [6.07, 6.45) is 4.44. The Morgan fingerprint density at radius 3 is 2.83 bits per heavy atom. The number of carboxylic acids is 1. The molecule has 0 aliphatic heterocycles. The van der Waals surface area contributed by atoms with Crippen LogP contribution in [0.1, 0.15) is 34.7 Å². The van der Waals surface area contributed by atoms with Gasteiger partial charge in [0.2, 0.25) is 0 Å². The Bertz CT molecular complexity index is 1070. The van der Waals surface area contributed by atoms with Crippen LogP contribution in [0.3, 0.4) is 0 Å². The number of ether oxygens (including phenoxy) is 1. The molecule has 1 aromatic carbocycles. The van der Waals surface area contributed by atoms with E-state index in [0.717, 1.165) is 40.9 Å². The predicted molar refractivity (Wildman–Crippen MR) is 115 cm³/mol. The van der Waals surface area contributed by atoms with Gasteiger partial charge in [0.05, 0.1) is 15.4 Å². The number of halogens is 2. The third kappa shape index (κ3) is 4.64. The van der Waals surface area contributed by atoms with Gasteiger partial charge in [0.25, 0.3) is 0 Å². The Kier molecular flexibility index (Phi) is 6.20. The van der Waals surface area contributed by atoms with Crippen molar-refractivity contribution in [3.05, 3.63) is 50.1 Å². The topological polar surface area (TPSA) is 84.3 Å². The second-order valence-corrected chi connectivity index (χ2v) is 8.77. The lowest BCUT2D eigenvalue weighted by Crippen LogP contribution is -2.10. The fourth-order valence-electron chi connectivity index (χ4n) is 3.46. The molecule has 152 valence electrons.